The van der Waals surface area contributed by atoms with Gasteiger partial charge in [0.1, 0.15) is 6.10 Å². The average molecular weight is 451 g/mol. The SMILES string of the molecule is C[C@]12CCC[C@@]3(CO3)[C@@H]1C[C@H]1[C@@H](C2)OC(=O)[C@@H]1CN1CCN(C/C=C/c2ccccc2)CC1. The van der Waals surface area contributed by atoms with Gasteiger partial charge >= 0.3 is 5.97 Å². The number of piperazine rings is 1. The highest BCUT2D eigenvalue weighted by molar-refractivity contribution is 5.75. The summed E-state index contributed by atoms with van der Waals surface area (Å²) < 4.78 is 12.1. The van der Waals surface area contributed by atoms with Crippen LogP contribution in [0.3, 0.4) is 0 Å². The van der Waals surface area contributed by atoms with E-state index in [1.807, 2.05) is 0 Å². The highest BCUT2D eigenvalue weighted by atomic mass is 16.6. The van der Waals surface area contributed by atoms with Crippen LogP contribution >= 0.6 is 0 Å². The summed E-state index contributed by atoms with van der Waals surface area (Å²) in [5.41, 5.74) is 1.67. The molecule has 2 saturated carbocycles. The minimum atomic E-state index is 0.0433. The number of hydrogen-bond donors (Lipinski definition) is 0. The number of rotatable bonds is 5. The zero-order chi connectivity index (χ0) is 22.5. The van der Waals surface area contributed by atoms with E-state index in [0.717, 1.165) is 58.7 Å². The van der Waals surface area contributed by atoms with Crippen molar-refractivity contribution < 1.29 is 14.3 Å². The van der Waals surface area contributed by atoms with Crippen molar-refractivity contribution in [2.45, 2.75) is 50.7 Å². The number of benzene rings is 1. The van der Waals surface area contributed by atoms with Crippen molar-refractivity contribution in [1.82, 2.24) is 9.80 Å². The molecule has 0 aromatic heterocycles. The van der Waals surface area contributed by atoms with E-state index in [1.54, 1.807) is 0 Å². The molecule has 0 radical (unpaired) electrons. The average Bonchev–Trinajstić information content (AvgIpc) is 3.52. The lowest BCUT2D eigenvalue weighted by molar-refractivity contribution is -0.147. The van der Waals surface area contributed by atoms with Crippen LogP contribution in [-0.4, -0.2) is 73.3 Å². The Morgan fingerprint density at radius 1 is 1.09 bits per heavy atom. The van der Waals surface area contributed by atoms with Crippen LogP contribution in [0.2, 0.25) is 0 Å². The van der Waals surface area contributed by atoms with Crippen LogP contribution in [-0.2, 0) is 14.3 Å². The normalized spacial score (nSPS) is 41.2. The molecule has 6 rings (SSSR count). The van der Waals surface area contributed by atoms with Gasteiger partial charge in [-0.3, -0.25) is 14.6 Å². The molecule has 1 aromatic rings. The Labute approximate surface area is 198 Å². The summed E-state index contributed by atoms with van der Waals surface area (Å²) in [4.78, 5) is 18.0. The third-order valence-electron chi connectivity index (χ3n) is 9.47. The van der Waals surface area contributed by atoms with Crippen molar-refractivity contribution in [3.05, 3.63) is 42.0 Å². The Hall–Kier alpha value is -1.69. The fourth-order valence-electron chi connectivity index (χ4n) is 7.50. The van der Waals surface area contributed by atoms with Crippen molar-refractivity contribution in [1.29, 1.82) is 0 Å². The van der Waals surface area contributed by atoms with Gasteiger partial charge in [0.05, 0.1) is 18.1 Å². The molecule has 0 bridgehead atoms. The van der Waals surface area contributed by atoms with Crippen LogP contribution in [0, 0.1) is 23.2 Å². The van der Waals surface area contributed by atoms with E-state index in [9.17, 15) is 4.79 Å². The van der Waals surface area contributed by atoms with E-state index in [-0.39, 0.29) is 29.0 Å². The second kappa shape index (κ2) is 8.51. The summed E-state index contributed by atoms with van der Waals surface area (Å²) in [6.07, 6.45) is 10.5. The number of hydrogen-bond acceptors (Lipinski definition) is 5. The number of fused-ring (bicyclic) bond motifs is 3. The van der Waals surface area contributed by atoms with E-state index >= 15 is 0 Å². The first kappa shape index (κ1) is 21.8. The molecule has 5 heteroatoms. The molecule has 6 atom stereocenters. The Balaban J connectivity index is 1.04. The summed E-state index contributed by atoms with van der Waals surface area (Å²) in [6, 6.07) is 10.5. The first-order chi connectivity index (χ1) is 16.0. The molecule has 5 fully saturated rings. The molecule has 1 aromatic carbocycles. The van der Waals surface area contributed by atoms with Gasteiger partial charge in [0.25, 0.3) is 0 Å². The number of carbonyl (C=O) groups is 1. The molecule has 178 valence electrons. The van der Waals surface area contributed by atoms with Gasteiger partial charge in [-0.1, -0.05) is 49.4 Å². The lowest BCUT2D eigenvalue weighted by Crippen LogP contribution is -2.52. The summed E-state index contributed by atoms with van der Waals surface area (Å²) in [5.74, 6) is 1.08. The van der Waals surface area contributed by atoms with E-state index in [4.69, 9.17) is 9.47 Å². The summed E-state index contributed by atoms with van der Waals surface area (Å²) in [6.45, 7) is 9.42. The molecule has 3 saturated heterocycles. The van der Waals surface area contributed by atoms with Crippen molar-refractivity contribution in [3.8, 4) is 0 Å². The quantitative estimate of drug-likeness (QED) is 0.504. The van der Waals surface area contributed by atoms with Gasteiger partial charge in [-0.25, -0.2) is 0 Å². The maximum absolute atomic E-state index is 12.9. The van der Waals surface area contributed by atoms with Gasteiger partial charge in [0.15, 0.2) is 0 Å². The van der Waals surface area contributed by atoms with E-state index in [2.05, 4.69) is 59.2 Å². The third kappa shape index (κ3) is 4.17. The van der Waals surface area contributed by atoms with E-state index in [0.29, 0.717) is 11.8 Å². The van der Waals surface area contributed by atoms with Crippen LogP contribution in [0.25, 0.3) is 6.08 Å². The second-order valence-electron chi connectivity index (χ2n) is 11.5. The molecule has 0 unspecified atom stereocenters. The number of esters is 1. The number of ether oxygens (including phenoxy) is 2. The molecule has 0 N–H and O–H groups in total. The number of epoxide rings is 1. The maximum atomic E-state index is 12.9. The topological polar surface area (TPSA) is 45.3 Å². The first-order valence-corrected chi connectivity index (χ1v) is 13.1. The van der Waals surface area contributed by atoms with E-state index in [1.165, 1.54) is 24.8 Å². The largest absolute Gasteiger partial charge is 0.462 e. The molecule has 0 amide bonds. The Kier molecular flexibility index (Phi) is 5.63. The highest BCUT2D eigenvalue weighted by Gasteiger charge is 2.65. The zero-order valence-electron chi connectivity index (χ0n) is 20.0. The standard InChI is InChI=1S/C28H38N2O3/c1-27-10-6-11-28(20-32-28)25(27)17-22-23(26(31)33-24(22)18-27)19-30-15-13-29(14-16-30)12-5-9-21-7-3-2-4-8-21/h2-5,7-9,22-25H,6,10-20H2,1H3/b9-5+/t22-,23-,24-,25-,27-,28-/m1/s1. The van der Waals surface area contributed by atoms with Crippen molar-refractivity contribution >= 4 is 12.0 Å². The monoisotopic (exact) mass is 450 g/mol. The van der Waals surface area contributed by atoms with Crippen LogP contribution in [0.5, 0.6) is 0 Å². The molecule has 5 aliphatic rings. The van der Waals surface area contributed by atoms with Gasteiger partial charge in [0, 0.05) is 45.2 Å². The minimum absolute atomic E-state index is 0.0433. The zero-order valence-corrected chi connectivity index (χ0v) is 20.0. The molecule has 1 spiro atoms. The van der Waals surface area contributed by atoms with Gasteiger partial charge in [-0.05, 0) is 49.0 Å². The molecular formula is C28H38N2O3. The van der Waals surface area contributed by atoms with Gasteiger partial charge < -0.3 is 9.47 Å². The molecule has 3 heterocycles. The molecule has 5 nitrogen and oxygen atoms in total. The lowest BCUT2D eigenvalue weighted by Gasteiger charge is -2.51. The fourth-order valence-corrected chi connectivity index (χ4v) is 7.50. The van der Waals surface area contributed by atoms with Crippen molar-refractivity contribution in [2.75, 3.05) is 45.9 Å². The third-order valence-corrected chi connectivity index (χ3v) is 9.47. The summed E-state index contributed by atoms with van der Waals surface area (Å²) in [5, 5.41) is 0. The smallest absolute Gasteiger partial charge is 0.310 e. The predicted octanol–water partition coefficient (Wildman–Crippen LogP) is 3.84. The molecule has 3 aliphatic heterocycles. The Morgan fingerprint density at radius 3 is 2.61 bits per heavy atom. The second-order valence-corrected chi connectivity index (χ2v) is 11.5. The van der Waals surface area contributed by atoms with E-state index < -0.39 is 0 Å². The van der Waals surface area contributed by atoms with Crippen LogP contribution in [0.4, 0.5) is 0 Å². The Bertz CT molecular complexity index is 890. The number of carbonyl (C=O) groups excluding carboxylic acids is 1. The summed E-state index contributed by atoms with van der Waals surface area (Å²) >= 11 is 0. The van der Waals surface area contributed by atoms with Gasteiger partial charge in [-0.2, -0.15) is 0 Å². The van der Waals surface area contributed by atoms with Gasteiger partial charge in [-0.15, -0.1) is 0 Å². The molecule has 33 heavy (non-hydrogen) atoms. The number of nitrogens with zero attached hydrogens (tertiary/aromatic N) is 2. The summed E-state index contributed by atoms with van der Waals surface area (Å²) in [7, 11) is 0. The van der Waals surface area contributed by atoms with Crippen molar-refractivity contribution in [3.63, 3.8) is 0 Å². The van der Waals surface area contributed by atoms with Crippen LogP contribution < -0.4 is 0 Å². The van der Waals surface area contributed by atoms with Crippen molar-refractivity contribution in [2.24, 2.45) is 23.2 Å². The van der Waals surface area contributed by atoms with Crippen LogP contribution in [0.1, 0.15) is 44.6 Å². The first-order valence-electron chi connectivity index (χ1n) is 13.1. The molecule has 2 aliphatic carbocycles. The molecular weight excluding hydrogens is 412 g/mol. The lowest BCUT2D eigenvalue weighted by atomic mass is 9.53. The van der Waals surface area contributed by atoms with Gasteiger partial charge in [0.2, 0.25) is 0 Å². The fraction of sp³-hybridized carbons (Fsp3) is 0.679. The predicted molar refractivity (Wildman–Crippen MR) is 129 cm³/mol. The Morgan fingerprint density at radius 2 is 1.85 bits per heavy atom. The maximum Gasteiger partial charge on any atom is 0.310 e. The highest BCUT2D eigenvalue weighted by Crippen LogP contribution is 2.62. The van der Waals surface area contributed by atoms with Crippen LogP contribution in [0.15, 0.2) is 36.4 Å². The minimum Gasteiger partial charge on any atom is -0.462 e.